The minimum Gasteiger partial charge on any atom is -0.460 e. The van der Waals surface area contributed by atoms with Gasteiger partial charge in [0.25, 0.3) is 0 Å². The lowest BCUT2D eigenvalue weighted by atomic mass is 9.83. The van der Waals surface area contributed by atoms with Crippen molar-refractivity contribution >= 4 is 24.7 Å². The van der Waals surface area contributed by atoms with E-state index >= 15 is 0 Å². The molecule has 0 aliphatic rings. The Labute approximate surface area is 89.4 Å². The highest BCUT2D eigenvalue weighted by Crippen LogP contribution is 2.12. The van der Waals surface area contributed by atoms with E-state index in [1.54, 1.807) is 20.8 Å². The first-order valence-corrected chi connectivity index (χ1v) is 4.88. The number of ether oxygens (including phenoxy) is 1. The normalized spacial score (nSPS) is 13.6. The standard InChI is InChI=1S/C8H16BClO4/c1-8(2,3)14-7(11)5-4-6(10)9(12)13/h6,12-13H,4-5H2,1-3H3. The Morgan fingerprint density at radius 2 is 2.00 bits per heavy atom. The summed E-state index contributed by atoms with van der Waals surface area (Å²) in [6, 6.07) is 0. The van der Waals surface area contributed by atoms with Gasteiger partial charge in [-0.1, -0.05) is 0 Å². The SMILES string of the molecule is CC(C)(C)OC(=O)CCC(Cl)B(O)O. The molecule has 0 rings (SSSR count). The fraction of sp³-hybridized carbons (Fsp3) is 0.875. The van der Waals surface area contributed by atoms with Crippen molar-refractivity contribution in [2.75, 3.05) is 0 Å². The van der Waals surface area contributed by atoms with Crippen LogP contribution in [0.15, 0.2) is 0 Å². The lowest BCUT2D eigenvalue weighted by Gasteiger charge is -2.19. The van der Waals surface area contributed by atoms with E-state index in [1.165, 1.54) is 0 Å². The van der Waals surface area contributed by atoms with E-state index in [-0.39, 0.29) is 18.8 Å². The van der Waals surface area contributed by atoms with Crippen molar-refractivity contribution in [2.24, 2.45) is 0 Å². The van der Waals surface area contributed by atoms with Crippen LogP contribution in [0.4, 0.5) is 0 Å². The smallest absolute Gasteiger partial charge is 0.460 e. The van der Waals surface area contributed by atoms with Gasteiger partial charge in [0.05, 0.1) is 5.28 Å². The number of alkyl halides is 1. The Balaban J connectivity index is 3.75. The van der Waals surface area contributed by atoms with Crippen molar-refractivity contribution in [2.45, 2.75) is 44.5 Å². The third-order valence-corrected chi connectivity index (χ3v) is 1.81. The molecule has 6 heteroatoms. The van der Waals surface area contributed by atoms with Crippen molar-refractivity contribution in [1.29, 1.82) is 0 Å². The molecule has 0 fully saturated rings. The molecule has 4 nitrogen and oxygen atoms in total. The zero-order valence-electron chi connectivity index (χ0n) is 8.66. The number of esters is 1. The van der Waals surface area contributed by atoms with Crippen LogP contribution in [-0.4, -0.2) is 34.0 Å². The summed E-state index contributed by atoms with van der Waals surface area (Å²) >= 11 is 5.52. The van der Waals surface area contributed by atoms with Crippen LogP contribution in [0.25, 0.3) is 0 Å². The Kier molecular flexibility index (Phi) is 5.48. The number of carbonyl (C=O) groups excluding carboxylic acids is 1. The zero-order valence-corrected chi connectivity index (χ0v) is 9.41. The van der Waals surface area contributed by atoms with E-state index < -0.39 is 18.0 Å². The highest BCUT2D eigenvalue weighted by molar-refractivity contribution is 6.57. The van der Waals surface area contributed by atoms with Crippen molar-refractivity contribution < 1.29 is 19.6 Å². The Hall–Kier alpha value is -0.255. The first kappa shape index (κ1) is 13.7. The minimum absolute atomic E-state index is 0.0864. The number of rotatable bonds is 4. The lowest BCUT2D eigenvalue weighted by Crippen LogP contribution is -2.28. The Morgan fingerprint density at radius 1 is 1.50 bits per heavy atom. The summed E-state index contributed by atoms with van der Waals surface area (Å²) in [5.74, 6) is -0.385. The van der Waals surface area contributed by atoms with Crippen molar-refractivity contribution in [3.8, 4) is 0 Å². The third kappa shape index (κ3) is 7.18. The van der Waals surface area contributed by atoms with E-state index in [9.17, 15) is 4.79 Å². The molecule has 0 aromatic heterocycles. The van der Waals surface area contributed by atoms with Gasteiger partial charge in [0, 0.05) is 6.42 Å². The van der Waals surface area contributed by atoms with Crippen LogP contribution in [0.5, 0.6) is 0 Å². The monoisotopic (exact) mass is 222 g/mol. The van der Waals surface area contributed by atoms with Gasteiger partial charge >= 0.3 is 13.1 Å². The maximum atomic E-state index is 11.1. The average molecular weight is 222 g/mol. The van der Waals surface area contributed by atoms with E-state index in [2.05, 4.69) is 0 Å². The Bertz CT molecular complexity index is 190. The fourth-order valence-electron chi connectivity index (χ4n) is 0.797. The summed E-state index contributed by atoms with van der Waals surface area (Å²) in [5.41, 5.74) is -0.517. The van der Waals surface area contributed by atoms with Crippen molar-refractivity contribution in [3.63, 3.8) is 0 Å². The summed E-state index contributed by atoms with van der Waals surface area (Å²) in [5, 5.41) is 16.4. The highest BCUT2D eigenvalue weighted by atomic mass is 35.5. The van der Waals surface area contributed by atoms with Gasteiger partial charge in [-0.15, -0.1) is 11.6 Å². The molecule has 0 saturated carbocycles. The van der Waals surface area contributed by atoms with Gasteiger partial charge in [-0.25, -0.2) is 0 Å². The predicted octanol–water partition coefficient (Wildman–Crippen LogP) is 0.728. The van der Waals surface area contributed by atoms with Gasteiger partial charge in [0.1, 0.15) is 5.60 Å². The molecular formula is C8H16BClO4. The summed E-state index contributed by atoms with van der Waals surface area (Å²) in [7, 11) is -1.60. The zero-order chi connectivity index (χ0) is 11.4. The first-order chi connectivity index (χ1) is 6.22. The molecule has 0 aromatic rings. The molecule has 0 saturated heterocycles. The maximum absolute atomic E-state index is 11.1. The molecule has 0 aromatic carbocycles. The summed E-state index contributed by atoms with van der Waals surface area (Å²) in [6.07, 6.45) is 0.275. The minimum atomic E-state index is -1.60. The van der Waals surface area contributed by atoms with Crippen LogP contribution in [0.3, 0.4) is 0 Å². The molecule has 0 bridgehead atoms. The van der Waals surface area contributed by atoms with Gasteiger partial charge in [-0.3, -0.25) is 4.79 Å². The third-order valence-electron chi connectivity index (χ3n) is 1.37. The van der Waals surface area contributed by atoms with Gasteiger partial charge in [0.15, 0.2) is 0 Å². The molecule has 0 aliphatic carbocycles. The topological polar surface area (TPSA) is 66.8 Å². The van der Waals surface area contributed by atoms with Crippen LogP contribution < -0.4 is 0 Å². The highest BCUT2D eigenvalue weighted by Gasteiger charge is 2.23. The van der Waals surface area contributed by atoms with Crippen LogP contribution in [0, 0.1) is 0 Å². The summed E-state index contributed by atoms with van der Waals surface area (Å²) in [6.45, 7) is 5.30. The van der Waals surface area contributed by atoms with Gasteiger partial charge in [-0.2, -0.15) is 0 Å². The largest absolute Gasteiger partial charge is 0.470 e. The molecule has 2 N–H and O–H groups in total. The molecule has 0 heterocycles. The lowest BCUT2D eigenvalue weighted by molar-refractivity contribution is -0.154. The number of halogens is 1. The summed E-state index contributed by atoms with van der Waals surface area (Å²) < 4.78 is 5.01. The predicted molar refractivity (Wildman–Crippen MR) is 54.9 cm³/mol. The molecule has 0 amide bonds. The second-order valence-electron chi connectivity index (χ2n) is 4.05. The second-order valence-corrected chi connectivity index (χ2v) is 4.62. The second kappa shape index (κ2) is 5.58. The number of carbonyl (C=O) groups is 1. The van der Waals surface area contributed by atoms with E-state index in [0.29, 0.717) is 0 Å². The maximum Gasteiger partial charge on any atom is 0.470 e. The van der Waals surface area contributed by atoms with Gasteiger partial charge < -0.3 is 14.8 Å². The molecule has 82 valence electrons. The average Bonchev–Trinajstić information content (AvgIpc) is 1.96. The molecular weight excluding hydrogens is 206 g/mol. The van der Waals surface area contributed by atoms with E-state index in [1.807, 2.05) is 0 Å². The molecule has 1 atom stereocenters. The summed E-state index contributed by atoms with van der Waals surface area (Å²) in [4.78, 5) is 11.1. The molecule has 1 unspecified atom stereocenters. The van der Waals surface area contributed by atoms with E-state index in [0.717, 1.165) is 0 Å². The van der Waals surface area contributed by atoms with E-state index in [4.69, 9.17) is 26.4 Å². The van der Waals surface area contributed by atoms with Crippen molar-refractivity contribution in [1.82, 2.24) is 0 Å². The Morgan fingerprint density at radius 3 is 2.36 bits per heavy atom. The number of hydrogen-bond donors (Lipinski definition) is 2. The first-order valence-electron chi connectivity index (χ1n) is 4.44. The molecule has 0 radical (unpaired) electrons. The molecule has 14 heavy (non-hydrogen) atoms. The van der Waals surface area contributed by atoms with Crippen molar-refractivity contribution in [3.05, 3.63) is 0 Å². The van der Waals surface area contributed by atoms with Crippen LogP contribution >= 0.6 is 11.6 Å². The molecule has 0 spiro atoms. The fourth-order valence-corrected chi connectivity index (χ4v) is 0.906. The quantitative estimate of drug-likeness (QED) is 0.418. The van der Waals surface area contributed by atoms with Gasteiger partial charge in [0.2, 0.25) is 0 Å². The van der Waals surface area contributed by atoms with Crippen LogP contribution in [0.1, 0.15) is 33.6 Å². The van der Waals surface area contributed by atoms with Crippen LogP contribution in [-0.2, 0) is 9.53 Å². The number of hydrogen-bond acceptors (Lipinski definition) is 4. The molecule has 0 aliphatic heterocycles. The van der Waals surface area contributed by atoms with Gasteiger partial charge in [-0.05, 0) is 27.2 Å². The van der Waals surface area contributed by atoms with Crippen LogP contribution in [0.2, 0.25) is 0 Å².